The molecule has 1 aliphatic heterocycles. The molecule has 0 fully saturated rings. The van der Waals surface area contributed by atoms with E-state index in [4.69, 9.17) is 4.74 Å². The summed E-state index contributed by atoms with van der Waals surface area (Å²) in [7, 11) is 1.61. The maximum atomic E-state index is 11.9. The second kappa shape index (κ2) is 6.11. The molecular weight excluding hydrogens is 346 g/mol. The molecule has 6 heteroatoms. The van der Waals surface area contributed by atoms with E-state index in [1.165, 1.54) is 0 Å². The van der Waals surface area contributed by atoms with Gasteiger partial charge >= 0.3 is 0 Å². The van der Waals surface area contributed by atoms with E-state index in [0.29, 0.717) is 5.71 Å². The standard InChI is InChI=1S/C16H12BrN3O2/c1-22-12-5-2-10(3-6-12)9-18-20-15-13-8-11(17)4-7-14(13)19-16(15)21/h2-9H,1H3,(H,19,20,21). The van der Waals surface area contributed by atoms with Crippen LogP contribution in [0.4, 0.5) is 5.69 Å². The van der Waals surface area contributed by atoms with Crippen LogP contribution in [0.1, 0.15) is 11.1 Å². The molecule has 0 unspecified atom stereocenters. The number of fused-ring (bicyclic) bond motifs is 1. The Bertz CT molecular complexity index is 782. The lowest BCUT2D eigenvalue weighted by Crippen LogP contribution is -2.13. The Morgan fingerprint density at radius 3 is 2.68 bits per heavy atom. The summed E-state index contributed by atoms with van der Waals surface area (Å²) in [6.07, 6.45) is 1.59. The van der Waals surface area contributed by atoms with Gasteiger partial charge in [-0.1, -0.05) is 15.9 Å². The molecule has 0 bridgehead atoms. The fourth-order valence-electron chi connectivity index (χ4n) is 2.07. The fourth-order valence-corrected chi connectivity index (χ4v) is 2.43. The number of hydrogen-bond acceptors (Lipinski definition) is 4. The summed E-state index contributed by atoms with van der Waals surface area (Å²) in [4.78, 5) is 11.9. The van der Waals surface area contributed by atoms with Crippen LogP contribution in [0.3, 0.4) is 0 Å². The quantitative estimate of drug-likeness (QED) is 0.676. The number of rotatable bonds is 3. The van der Waals surface area contributed by atoms with Crippen LogP contribution >= 0.6 is 15.9 Å². The SMILES string of the molecule is COc1ccc(C=N/N=C2/C(=O)Nc3ccc(Br)cc32)cc1. The molecule has 2 aromatic carbocycles. The molecule has 0 aromatic heterocycles. The predicted octanol–water partition coefficient (Wildman–Crippen LogP) is 3.23. The molecule has 0 saturated carbocycles. The van der Waals surface area contributed by atoms with E-state index in [2.05, 4.69) is 31.4 Å². The molecule has 0 saturated heterocycles. The van der Waals surface area contributed by atoms with Crippen molar-refractivity contribution in [3.8, 4) is 5.75 Å². The van der Waals surface area contributed by atoms with Crippen molar-refractivity contribution in [2.45, 2.75) is 0 Å². The van der Waals surface area contributed by atoms with Gasteiger partial charge in [-0.15, -0.1) is 5.10 Å². The number of amides is 1. The van der Waals surface area contributed by atoms with Crippen LogP contribution in [-0.2, 0) is 4.79 Å². The van der Waals surface area contributed by atoms with Crippen LogP contribution in [-0.4, -0.2) is 24.9 Å². The van der Waals surface area contributed by atoms with Crippen molar-refractivity contribution in [3.05, 3.63) is 58.1 Å². The number of halogens is 1. The summed E-state index contributed by atoms with van der Waals surface area (Å²) in [5, 5.41) is 10.8. The van der Waals surface area contributed by atoms with E-state index in [0.717, 1.165) is 27.0 Å². The molecule has 0 radical (unpaired) electrons. The van der Waals surface area contributed by atoms with Gasteiger partial charge < -0.3 is 10.1 Å². The Morgan fingerprint density at radius 2 is 1.95 bits per heavy atom. The van der Waals surface area contributed by atoms with Gasteiger partial charge in [-0.2, -0.15) is 5.10 Å². The van der Waals surface area contributed by atoms with Crippen LogP contribution in [0, 0.1) is 0 Å². The van der Waals surface area contributed by atoms with Crippen molar-refractivity contribution in [2.24, 2.45) is 10.2 Å². The number of hydrogen-bond donors (Lipinski definition) is 1. The summed E-state index contributed by atoms with van der Waals surface area (Å²) in [6, 6.07) is 12.9. The minimum atomic E-state index is -0.250. The highest BCUT2D eigenvalue weighted by molar-refractivity contribution is 9.10. The first-order valence-corrected chi connectivity index (χ1v) is 7.33. The number of nitrogens with one attached hydrogen (secondary N) is 1. The van der Waals surface area contributed by atoms with E-state index < -0.39 is 0 Å². The molecule has 1 aliphatic rings. The largest absolute Gasteiger partial charge is 0.497 e. The van der Waals surface area contributed by atoms with Gasteiger partial charge in [0.1, 0.15) is 5.75 Å². The van der Waals surface area contributed by atoms with Crippen LogP contribution in [0.2, 0.25) is 0 Å². The molecule has 0 aliphatic carbocycles. The number of carbonyl (C=O) groups excluding carboxylic acids is 1. The summed E-state index contributed by atoms with van der Waals surface area (Å²) in [5.41, 5.74) is 2.66. The fraction of sp³-hybridized carbons (Fsp3) is 0.0625. The Hall–Kier alpha value is -2.47. The topological polar surface area (TPSA) is 63.1 Å². The van der Waals surface area contributed by atoms with Crippen LogP contribution in [0.25, 0.3) is 0 Å². The van der Waals surface area contributed by atoms with Gasteiger partial charge in [-0.3, -0.25) is 4.79 Å². The highest BCUT2D eigenvalue weighted by Gasteiger charge is 2.26. The third-order valence-corrected chi connectivity index (χ3v) is 3.67. The number of anilines is 1. The number of ether oxygens (including phenoxy) is 1. The van der Waals surface area contributed by atoms with Crippen LogP contribution < -0.4 is 10.1 Å². The zero-order chi connectivity index (χ0) is 15.5. The normalized spacial score (nSPS) is 15.2. The van der Waals surface area contributed by atoms with Crippen molar-refractivity contribution in [1.82, 2.24) is 0 Å². The van der Waals surface area contributed by atoms with Gasteiger partial charge in [0.2, 0.25) is 0 Å². The predicted molar refractivity (Wildman–Crippen MR) is 89.9 cm³/mol. The van der Waals surface area contributed by atoms with Gasteiger partial charge in [0.15, 0.2) is 5.71 Å². The van der Waals surface area contributed by atoms with E-state index in [9.17, 15) is 4.79 Å². The third kappa shape index (κ3) is 2.92. The molecule has 22 heavy (non-hydrogen) atoms. The van der Waals surface area contributed by atoms with E-state index in [-0.39, 0.29) is 5.91 Å². The van der Waals surface area contributed by atoms with Gasteiger partial charge in [-0.25, -0.2) is 0 Å². The summed E-state index contributed by atoms with van der Waals surface area (Å²) < 4.78 is 5.97. The molecular formula is C16H12BrN3O2. The number of carbonyl (C=O) groups is 1. The minimum absolute atomic E-state index is 0.250. The average Bonchev–Trinajstić information content (AvgIpc) is 2.83. The van der Waals surface area contributed by atoms with E-state index >= 15 is 0 Å². The van der Waals surface area contributed by atoms with Crippen molar-refractivity contribution in [1.29, 1.82) is 0 Å². The summed E-state index contributed by atoms with van der Waals surface area (Å²) in [6.45, 7) is 0. The highest BCUT2D eigenvalue weighted by atomic mass is 79.9. The van der Waals surface area contributed by atoms with Gasteiger partial charge in [0.05, 0.1) is 19.0 Å². The first kappa shape index (κ1) is 14.5. The van der Waals surface area contributed by atoms with E-state index in [1.54, 1.807) is 13.3 Å². The van der Waals surface area contributed by atoms with Crippen molar-refractivity contribution >= 4 is 39.5 Å². The van der Waals surface area contributed by atoms with Gasteiger partial charge in [-0.05, 0) is 48.0 Å². The lowest BCUT2D eigenvalue weighted by Gasteiger charge is -1.98. The van der Waals surface area contributed by atoms with Crippen molar-refractivity contribution in [2.75, 3.05) is 12.4 Å². The molecule has 110 valence electrons. The Morgan fingerprint density at radius 1 is 1.18 bits per heavy atom. The molecule has 5 nitrogen and oxygen atoms in total. The number of methoxy groups -OCH3 is 1. The van der Waals surface area contributed by atoms with Crippen LogP contribution in [0.5, 0.6) is 5.75 Å². The molecule has 1 amide bonds. The second-order valence-corrected chi connectivity index (χ2v) is 5.53. The smallest absolute Gasteiger partial charge is 0.276 e. The maximum absolute atomic E-state index is 11.9. The minimum Gasteiger partial charge on any atom is -0.497 e. The summed E-state index contributed by atoms with van der Waals surface area (Å²) >= 11 is 3.39. The second-order valence-electron chi connectivity index (χ2n) is 4.61. The molecule has 3 rings (SSSR count). The Labute approximate surface area is 135 Å². The average molecular weight is 358 g/mol. The molecule has 1 heterocycles. The van der Waals surface area contributed by atoms with Crippen molar-refractivity contribution in [3.63, 3.8) is 0 Å². The molecule has 0 spiro atoms. The number of benzene rings is 2. The van der Waals surface area contributed by atoms with E-state index in [1.807, 2.05) is 42.5 Å². The third-order valence-electron chi connectivity index (χ3n) is 3.18. The van der Waals surface area contributed by atoms with Crippen molar-refractivity contribution < 1.29 is 9.53 Å². The Balaban J connectivity index is 1.84. The van der Waals surface area contributed by atoms with Gasteiger partial charge in [0, 0.05) is 10.0 Å². The monoisotopic (exact) mass is 357 g/mol. The molecule has 2 aromatic rings. The molecule has 0 atom stereocenters. The maximum Gasteiger partial charge on any atom is 0.276 e. The lowest BCUT2D eigenvalue weighted by molar-refractivity contribution is -0.110. The zero-order valence-electron chi connectivity index (χ0n) is 11.7. The summed E-state index contributed by atoms with van der Waals surface area (Å²) in [5.74, 6) is 0.525. The number of nitrogens with zero attached hydrogens (tertiary/aromatic N) is 2. The first-order valence-electron chi connectivity index (χ1n) is 6.54. The first-order chi connectivity index (χ1) is 10.7. The van der Waals surface area contributed by atoms with Crippen LogP contribution in [0.15, 0.2) is 57.1 Å². The molecule has 1 N–H and O–H groups in total. The highest BCUT2D eigenvalue weighted by Crippen LogP contribution is 2.26. The zero-order valence-corrected chi connectivity index (χ0v) is 13.3. The Kier molecular flexibility index (Phi) is 4.02. The van der Waals surface area contributed by atoms with Gasteiger partial charge in [0.25, 0.3) is 5.91 Å². The lowest BCUT2D eigenvalue weighted by atomic mass is 10.1.